The van der Waals surface area contributed by atoms with Gasteiger partial charge in [-0.25, -0.2) is 9.59 Å². The molecule has 0 amide bonds. The lowest BCUT2D eigenvalue weighted by atomic mass is 10.0. The number of para-hydroxylation sites is 2. The minimum Gasteiger partial charge on any atom is -0.493 e. The second-order valence-corrected chi connectivity index (χ2v) is 9.40. The van der Waals surface area contributed by atoms with Crippen LogP contribution < -0.4 is 9.47 Å². The number of hydrogen-bond acceptors (Lipinski definition) is 8. The molecule has 0 fully saturated rings. The van der Waals surface area contributed by atoms with E-state index in [0.29, 0.717) is 55.9 Å². The molecule has 0 radical (unpaired) electrons. The Labute approximate surface area is 255 Å². The van der Waals surface area contributed by atoms with E-state index in [0.717, 1.165) is 10.8 Å². The first-order valence-electron chi connectivity index (χ1n) is 13.9. The van der Waals surface area contributed by atoms with Crippen LogP contribution in [0.15, 0.2) is 73.1 Å². The van der Waals surface area contributed by atoms with E-state index in [1.165, 1.54) is 0 Å². The van der Waals surface area contributed by atoms with E-state index in [2.05, 4.69) is 33.6 Å². The van der Waals surface area contributed by atoms with Gasteiger partial charge in [0.15, 0.2) is 11.5 Å². The molecule has 0 bridgehead atoms. The molecule has 0 saturated carbocycles. The van der Waals surface area contributed by atoms with Crippen molar-refractivity contribution in [1.82, 2.24) is 9.97 Å². The van der Waals surface area contributed by atoms with Gasteiger partial charge in [-0.3, -0.25) is 9.97 Å². The van der Waals surface area contributed by atoms with Gasteiger partial charge in [0.2, 0.25) is 0 Å². The van der Waals surface area contributed by atoms with Gasteiger partial charge in [-0.15, -0.1) is 0 Å². The number of fused-ring (bicyclic) bond motifs is 2. The molecule has 0 N–H and O–H groups in total. The monoisotopic (exact) mass is 584 g/mol. The Morgan fingerprint density at radius 1 is 0.636 bits per heavy atom. The molecular formula is C36H28N2O6. The smallest absolute Gasteiger partial charge is 0.340 e. The van der Waals surface area contributed by atoms with Gasteiger partial charge in [0.25, 0.3) is 0 Å². The number of carbonyl (C=O) groups excluding carboxylic acids is 2. The molecule has 0 spiro atoms. The third-order valence-corrected chi connectivity index (χ3v) is 6.62. The van der Waals surface area contributed by atoms with Crippen molar-refractivity contribution in [2.24, 2.45) is 0 Å². The van der Waals surface area contributed by atoms with Gasteiger partial charge in [-0.2, -0.15) is 0 Å². The van der Waals surface area contributed by atoms with E-state index in [-0.39, 0.29) is 13.2 Å². The molecule has 5 aromatic rings. The van der Waals surface area contributed by atoms with Crippen molar-refractivity contribution in [2.75, 3.05) is 27.4 Å². The zero-order valence-corrected chi connectivity index (χ0v) is 24.7. The van der Waals surface area contributed by atoms with Gasteiger partial charge in [0.05, 0.1) is 49.6 Å². The van der Waals surface area contributed by atoms with Crippen LogP contribution in [-0.2, 0) is 9.47 Å². The van der Waals surface area contributed by atoms with Crippen LogP contribution in [0.1, 0.15) is 56.8 Å². The Morgan fingerprint density at radius 3 is 1.45 bits per heavy atom. The number of rotatable bonds is 6. The first-order valence-corrected chi connectivity index (χ1v) is 13.9. The molecule has 0 aliphatic carbocycles. The maximum atomic E-state index is 12.4. The molecule has 5 rings (SSSR count). The predicted molar refractivity (Wildman–Crippen MR) is 167 cm³/mol. The molecule has 8 nitrogen and oxygen atoms in total. The maximum Gasteiger partial charge on any atom is 0.340 e. The molecule has 0 saturated heterocycles. The van der Waals surface area contributed by atoms with E-state index in [4.69, 9.17) is 18.9 Å². The van der Waals surface area contributed by atoms with Crippen LogP contribution in [0.5, 0.6) is 11.5 Å². The average Bonchev–Trinajstić information content (AvgIpc) is 3.05. The average molecular weight is 585 g/mol. The Bertz CT molecular complexity index is 1880. The second-order valence-electron chi connectivity index (χ2n) is 9.40. The number of hydrogen-bond donors (Lipinski definition) is 0. The summed E-state index contributed by atoms with van der Waals surface area (Å²) in [5.41, 5.74) is 4.46. The number of carbonyl (C=O) groups is 2. The number of aromatic nitrogens is 2. The fraction of sp³-hybridized carbons (Fsp3) is 0.167. The second kappa shape index (κ2) is 13.4. The summed E-state index contributed by atoms with van der Waals surface area (Å²) >= 11 is 0. The fourth-order valence-corrected chi connectivity index (χ4v) is 4.57. The number of methoxy groups -OCH3 is 2. The molecule has 2 aromatic heterocycles. The Morgan fingerprint density at radius 2 is 1.07 bits per heavy atom. The summed E-state index contributed by atoms with van der Waals surface area (Å²) in [5, 5.41) is 1.54. The van der Waals surface area contributed by atoms with E-state index in [9.17, 15) is 9.59 Å². The lowest BCUT2D eigenvalue weighted by molar-refractivity contribution is 0.0518. The van der Waals surface area contributed by atoms with Crippen LogP contribution in [0.25, 0.3) is 21.8 Å². The van der Waals surface area contributed by atoms with Crippen molar-refractivity contribution in [3.63, 3.8) is 0 Å². The van der Waals surface area contributed by atoms with E-state index >= 15 is 0 Å². The van der Waals surface area contributed by atoms with Crippen molar-refractivity contribution in [2.45, 2.75) is 13.8 Å². The molecule has 8 heteroatoms. The lowest BCUT2D eigenvalue weighted by Gasteiger charge is -2.09. The topological polar surface area (TPSA) is 96.8 Å². The highest BCUT2D eigenvalue weighted by molar-refractivity contribution is 6.03. The quantitative estimate of drug-likeness (QED) is 0.178. The van der Waals surface area contributed by atoms with Crippen LogP contribution >= 0.6 is 0 Å². The molecule has 0 aliphatic heterocycles. The number of benzene rings is 3. The molecule has 44 heavy (non-hydrogen) atoms. The molecule has 0 atom stereocenters. The third-order valence-electron chi connectivity index (χ3n) is 6.62. The molecule has 3 aromatic carbocycles. The SMILES string of the molecule is CCOC(=O)c1cccc2cc(C#Cc3cc(OC)c(OC)cc3C#Cc3cnc4c(C(=O)OCC)cccc4c3)cnc12. The Kier molecular flexibility index (Phi) is 9.03. The molecule has 218 valence electrons. The number of pyridine rings is 2. The summed E-state index contributed by atoms with van der Waals surface area (Å²) in [6.07, 6.45) is 3.24. The van der Waals surface area contributed by atoms with Gasteiger partial charge in [0.1, 0.15) is 0 Å². The maximum absolute atomic E-state index is 12.4. The summed E-state index contributed by atoms with van der Waals surface area (Å²) in [5.74, 6) is 12.9. The van der Waals surface area contributed by atoms with Gasteiger partial charge < -0.3 is 18.9 Å². The summed E-state index contributed by atoms with van der Waals surface area (Å²) in [6.45, 7) is 4.09. The highest BCUT2D eigenvalue weighted by Crippen LogP contribution is 2.30. The molecule has 0 unspecified atom stereocenters. The third kappa shape index (κ3) is 6.30. The van der Waals surface area contributed by atoms with Crippen molar-refractivity contribution in [1.29, 1.82) is 0 Å². The summed E-state index contributed by atoms with van der Waals surface area (Å²) < 4.78 is 21.3. The van der Waals surface area contributed by atoms with Crippen molar-refractivity contribution in [3.05, 3.63) is 106 Å². The molecular weight excluding hydrogens is 556 g/mol. The zero-order chi connectivity index (χ0) is 31.1. The normalized spacial score (nSPS) is 10.3. The largest absolute Gasteiger partial charge is 0.493 e. The van der Waals surface area contributed by atoms with E-state index in [1.807, 2.05) is 24.3 Å². The zero-order valence-electron chi connectivity index (χ0n) is 24.7. The number of nitrogens with zero attached hydrogens (tertiary/aromatic N) is 2. The predicted octanol–water partition coefficient (Wildman–Crippen LogP) is 5.95. The highest BCUT2D eigenvalue weighted by atomic mass is 16.5. The first-order chi connectivity index (χ1) is 21.4. The summed E-state index contributed by atoms with van der Waals surface area (Å²) in [4.78, 5) is 33.7. The highest BCUT2D eigenvalue weighted by Gasteiger charge is 2.14. The van der Waals surface area contributed by atoms with E-state index < -0.39 is 11.9 Å². The standard InChI is InChI=1S/C36H28N2O6/c1-5-43-35(39)29-11-7-9-27-17-23(21-37-33(27)29)13-15-25-19-31(41-3)32(42-4)20-26(25)16-14-24-18-28-10-8-12-30(34(28)38-22-24)36(40)44-6-2/h7-12,17-22H,5-6H2,1-4H3. The lowest BCUT2D eigenvalue weighted by Crippen LogP contribution is -2.06. The van der Waals surface area contributed by atoms with Crippen molar-refractivity contribution < 1.29 is 28.5 Å². The Balaban J connectivity index is 1.52. The molecule has 2 heterocycles. The summed E-state index contributed by atoms with van der Waals surface area (Å²) in [7, 11) is 3.11. The van der Waals surface area contributed by atoms with Gasteiger partial charge >= 0.3 is 11.9 Å². The Hall–Kier alpha value is -5.86. The van der Waals surface area contributed by atoms with Gasteiger partial charge in [-0.05, 0) is 38.1 Å². The van der Waals surface area contributed by atoms with Crippen LogP contribution in [0.3, 0.4) is 0 Å². The minimum absolute atomic E-state index is 0.281. The van der Waals surface area contributed by atoms with Crippen LogP contribution in [-0.4, -0.2) is 49.3 Å². The van der Waals surface area contributed by atoms with Crippen LogP contribution in [0.4, 0.5) is 0 Å². The van der Waals surface area contributed by atoms with E-state index in [1.54, 1.807) is 76.9 Å². The van der Waals surface area contributed by atoms with Gasteiger partial charge in [-0.1, -0.05) is 47.9 Å². The van der Waals surface area contributed by atoms with Gasteiger partial charge in [0, 0.05) is 57.6 Å². The number of esters is 2. The van der Waals surface area contributed by atoms with Crippen molar-refractivity contribution >= 4 is 33.7 Å². The first kappa shape index (κ1) is 29.6. The minimum atomic E-state index is -0.418. The van der Waals surface area contributed by atoms with Crippen LogP contribution in [0.2, 0.25) is 0 Å². The molecule has 0 aliphatic rings. The summed E-state index contributed by atoms with van der Waals surface area (Å²) in [6, 6.07) is 18.0. The van der Waals surface area contributed by atoms with Crippen LogP contribution in [0, 0.1) is 23.7 Å². The van der Waals surface area contributed by atoms with Crippen molar-refractivity contribution in [3.8, 4) is 35.2 Å². The number of ether oxygens (including phenoxy) is 4. The fourth-order valence-electron chi connectivity index (χ4n) is 4.57.